The molecule has 6 nitrogen and oxygen atoms in total. The number of piperidine rings is 1. The number of carbonyl (C=O) groups excluding carboxylic acids is 3. The maximum absolute atomic E-state index is 12.6. The van der Waals surface area contributed by atoms with E-state index in [0.717, 1.165) is 64.7 Å². The highest BCUT2D eigenvalue weighted by molar-refractivity contribution is 6.05. The Labute approximate surface area is 156 Å². The summed E-state index contributed by atoms with van der Waals surface area (Å²) >= 11 is 0. The van der Waals surface area contributed by atoms with Crippen molar-refractivity contribution in [1.29, 1.82) is 0 Å². The minimum Gasteiger partial charge on any atom is -0.343 e. The number of hydrogen-bond donors (Lipinski definition) is 0. The highest BCUT2D eigenvalue weighted by Crippen LogP contribution is 2.37. The van der Waals surface area contributed by atoms with Crippen molar-refractivity contribution in [3.05, 3.63) is 0 Å². The third-order valence-corrected chi connectivity index (χ3v) is 6.50. The smallest absolute Gasteiger partial charge is 0.233 e. The predicted octanol–water partition coefficient (Wildman–Crippen LogP) is 1.74. The zero-order valence-electron chi connectivity index (χ0n) is 16.3. The topological polar surface area (TPSA) is 60.9 Å². The molecule has 146 valence electrons. The van der Waals surface area contributed by atoms with Crippen LogP contribution in [0, 0.1) is 17.8 Å². The minimum atomic E-state index is -0.0606. The van der Waals surface area contributed by atoms with Crippen molar-refractivity contribution >= 4 is 17.7 Å². The molecular weight excluding hydrogens is 330 g/mol. The van der Waals surface area contributed by atoms with E-state index in [1.54, 1.807) is 0 Å². The minimum absolute atomic E-state index is 0.0486. The van der Waals surface area contributed by atoms with Crippen LogP contribution < -0.4 is 0 Å². The molecule has 3 fully saturated rings. The van der Waals surface area contributed by atoms with Crippen LogP contribution in [0.5, 0.6) is 0 Å². The molecule has 3 aliphatic rings. The van der Waals surface area contributed by atoms with Gasteiger partial charge in [0.1, 0.15) is 0 Å². The van der Waals surface area contributed by atoms with Gasteiger partial charge in [-0.15, -0.1) is 0 Å². The number of imide groups is 1. The second-order valence-corrected chi connectivity index (χ2v) is 7.98. The Hall–Kier alpha value is -1.43. The first-order chi connectivity index (χ1) is 12.6. The van der Waals surface area contributed by atoms with E-state index in [4.69, 9.17) is 0 Å². The van der Waals surface area contributed by atoms with Crippen molar-refractivity contribution in [3.63, 3.8) is 0 Å². The van der Waals surface area contributed by atoms with Gasteiger partial charge in [-0.3, -0.25) is 19.3 Å². The van der Waals surface area contributed by atoms with Gasteiger partial charge in [-0.1, -0.05) is 12.8 Å². The molecule has 0 bridgehead atoms. The van der Waals surface area contributed by atoms with E-state index in [2.05, 4.69) is 4.90 Å². The maximum atomic E-state index is 12.6. The fourth-order valence-electron chi connectivity index (χ4n) is 4.95. The highest BCUT2D eigenvalue weighted by atomic mass is 16.2. The normalized spacial score (nSPS) is 29.8. The Morgan fingerprint density at radius 3 is 2.15 bits per heavy atom. The summed E-state index contributed by atoms with van der Waals surface area (Å²) in [7, 11) is 0. The number of likely N-dealkylation sites (tertiary alicyclic amines) is 2. The summed E-state index contributed by atoms with van der Waals surface area (Å²) in [6.45, 7) is 8.42. The second-order valence-electron chi connectivity index (χ2n) is 7.98. The number of hydrogen-bond acceptors (Lipinski definition) is 4. The van der Waals surface area contributed by atoms with Crippen LogP contribution in [0.25, 0.3) is 0 Å². The second kappa shape index (κ2) is 8.51. The lowest BCUT2D eigenvalue weighted by Gasteiger charge is -2.35. The Morgan fingerprint density at radius 2 is 1.58 bits per heavy atom. The molecule has 0 N–H and O–H groups in total. The largest absolute Gasteiger partial charge is 0.343 e. The van der Waals surface area contributed by atoms with E-state index in [0.29, 0.717) is 13.1 Å². The lowest BCUT2D eigenvalue weighted by atomic mass is 9.81. The van der Waals surface area contributed by atoms with Gasteiger partial charge in [0.2, 0.25) is 17.7 Å². The molecule has 0 aromatic carbocycles. The molecule has 6 heteroatoms. The lowest BCUT2D eigenvalue weighted by Crippen LogP contribution is -2.47. The van der Waals surface area contributed by atoms with Crippen molar-refractivity contribution in [3.8, 4) is 0 Å². The summed E-state index contributed by atoms with van der Waals surface area (Å²) in [6.07, 6.45) is 5.82. The molecule has 0 radical (unpaired) electrons. The number of fused-ring (bicyclic) bond motifs is 1. The Kier molecular flexibility index (Phi) is 6.33. The summed E-state index contributed by atoms with van der Waals surface area (Å²) in [5, 5.41) is 0. The predicted molar refractivity (Wildman–Crippen MR) is 99.3 cm³/mol. The third kappa shape index (κ3) is 3.80. The molecule has 0 aromatic rings. The Balaban J connectivity index is 1.54. The molecule has 0 spiro atoms. The summed E-state index contributed by atoms with van der Waals surface area (Å²) in [5.74, 6) is 0.277. The molecule has 0 aromatic heterocycles. The van der Waals surface area contributed by atoms with Gasteiger partial charge in [0.05, 0.1) is 17.8 Å². The van der Waals surface area contributed by atoms with Gasteiger partial charge in [0.15, 0.2) is 0 Å². The van der Waals surface area contributed by atoms with Gasteiger partial charge >= 0.3 is 0 Å². The first-order valence-corrected chi connectivity index (χ1v) is 10.4. The average Bonchev–Trinajstić information content (AvgIpc) is 2.92. The average molecular weight is 364 g/mol. The molecule has 3 rings (SSSR count). The van der Waals surface area contributed by atoms with Crippen molar-refractivity contribution in [2.75, 3.05) is 39.3 Å². The monoisotopic (exact) mass is 363 g/mol. The molecule has 3 atom stereocenters. The Morgan fingerprint density at radius 1 is 0.962 bits per heavy atom. The fourth-order valence-corrected chi connectivity index (χ4v) is 4.95. The van der Waals surface area contributed by atoms with Crippen molar-refractivity contribution in [1.82, 2.24) is 14.7 Å². The van der Waals surface area contributed by atoms with E-state index in [9.17, 15) is 14.4 Å². The molecule has 3 amide bonds. The Bertz CT molecular complexity index is 522. The van der Waals surface area contributed by atoms with Crippen molar-refractivity contribution in [2.45, 2.75) is 52.4 Å². The summed E-state index contributed by atoms with van der Waals surface area (Å²) in [5.41, 5.74) is 0. The molecule has 26 heavy (non-hydrogen) atoms. The van der Waals surface area contributed by atoms with E-state index in [-0.39, 0.29) is 35.5 Å². The number of nitrogens with zero attached hydrogens (tertiary/aromatic N) is 3. The zero-order valence-corrected chi connectivity index (χ0v) is 16.3. The number of rotatable bonds is 6. The van der Waals surface area contributed by atoms with Crippen LogP contribution in [0.1, 0.15) is 52.4 Å². The molecular formula is C20H33N3O3. The maximum Gasteiger partial charge on any atom is 0.233 e. The molecule has 1 saturated carbocycles. The van der Waals surface area contributed by atoms with E-state index in [1.807, 2.05) is 18.7 Å². The van der Waals surface area contributed by atoms with Gasteiger partial charge in [-0.2, -0.15) is 0 Å². The fraction of sp³-hybridized carbons (Fsp3) is 0.850. The zero-order chi connectivity index (χ0) is 18.7. The molecule has 3 unspecified atom stereocenters. The van der Waals surface area contributed by atoms with Crippen LogP contribution in [-0.4, -0.2) is 71.7 Å². The summed E-state index contributed by atoms with van der Waals surface area (Å²) in [4.78, 5) is 43.5. The van der Waals surface area contributed by atoms with Crippen LogP contribution in [0.2, 0.25) is 0 Å². The van der Waals surface area contributed by atoms with Gasteiger partial charge in [0, 0.05) is 32.7 Å². The van der Waals surface area contributed by atoms with Crippen LogP contribution in [0.15, 0.2) is 0 Å². The molecule has 1 aliphatic carbocycles. The first kappa shape index (κ1) is 19.3. The quantitative estimate of drug-likeness (QED) is 0.675. The third-order valence-electron chi connectivity index (χ3n) is 6.50. The van der Waals surface area contributed by atoms with Crippen LogP contribution in [0.3, 0.4) is 0 Å². The molecule has 2 saturated heterocycles. The SMILES string of the molecule is CCN(CC)C(=O)C1CCCN(CCN2C(=O)C3CCCCC3C2=O)C1. The van der Waals surface area contributed by atoms with E-state index < -0.39 is 0 Å². The van der Waals surface area contributed by atoms with Crippen molar-refractivity contribution in [2.24, 2.45) is 17.8 Å². The van der Waals surface area contributed by atoms with Crippen LogP contribution >= 0.6 is 0 Å². The van der Waals surface area contributed by atoms with Crippen LogP contribution in [-0.2, 0) is 14.4 Å². The summed E-state index contributed by atoms with van der Waals surface area (Å²) < 4.78 is 0. The van der Waals surface area contributed by atoms with Gasteiger partial charge in [-0.25, -0.2) is 0 Å². The number of carbonyl (C=O) groups is 3. The first-order valence-electron chi connectivity index (χ1n) is 10.4. The van der Waals surface area contributed by atoms with Crippen molar-refractivity contribution < 1.29 is 14.4 Å². The van der Waals surface area contributed by atoms with Gasteiger partial charge < -0.3 is 9.80 Å². The molecule has 2 aliphatic heterocycles. The summed E-state index contributed by atoms with van der Waals surface area (Å²) in [6, 6.07) is 0. The standard InChI is InChI=1S/C20H33N3O3/c1-3-22(4-2)18(24)15-8-7-11-21(14-15)12-13-23-19(25)16-9-5-6-10-17(16)20(23)26/h15-17H,3-14H2,1-2H3. The highest BCUT2D eigenvalue weighted by Gasteiger charge is 2.47. The van der Waals surface area contributed by atoms with Crippen LogP contribution in [0.4, 0.5) is 0 Å². The van der Waals surface area contributed by atoms with Gasteiger partial charge in [0.25, 0.3) is 0 Å². The number of amides is 3. The van der Waals surface area contributed by atoms with E-state index in [1.165, 1.54) is 4.90 Å². The lowest BCUT2D eigenvalue weighted by molar-refractivity contribution is -0.141. The van der Waals surface area contributed by atoms with E-state index >= 15 is 0 Å². The van der Waals surface area contributed by atoms with Gasteiger partial charge in [-0.05, 0) is 46.1 Å². The molecule has 2 heterocycles.